The summed E-state index contributed by atoms with van der Waals surface area (Å²) in [6.07, 6.45) is -1.08. The summed E-state index contributed by atoms with van der Waals surface area (Å²) < 4.78 is 10.1. The molecule has 0 bridgehead atoms. The first-order valence-corrected chi connectivity index (χ1v) is 8.18. The van der Waals surface area contributed by atoms with Crippen molar-refractivity contribution in [1.82, 2.24) is 0 Å². The largest absolute Gasteiger partial charge is 0.496 e. The van der Waals surface area contributed by atoms with Gasteiger partial charge in [0.25, 0.3) is 11.6 Å². The van der Waals surface area contributed by atoms with Crippen LogP contribution in [0.2, 0.25) is 0 Å². The molecule has 0 fully saturated rings. The number of nitro benzene ring substituents is 1. The lowest BCUT2D eigenvalue weighted by Crippen LogP contribution is -2.30. The number of nitrogens with zero attached hydrogens (tertiary/aromatic N) is 1. The van der Waals surface area contributed by atoms with E-state index in [2.05, 4.69) is 5.32 Å². The zero-order chi connectivity index (χ0) is 20.0. The SMILES string of the molecule is COc1ccc(NC(=O)[C@H](C)OC(=O)Cc2ccc(C)cc2)c([N+](=O)[O-])c1. The zero-order valence-electron chi connectivity index (χ0n) is 15.2. The zero-order valence-corrected chi connectivity index (χ0v) is 15.2. The van der Waals surface area contributed by atoms with E-state index in [1.807, 2.05) is 31.2 Å². The number of amides is 1. The van der Waals surface area contributed by atoms with Crippen molar-refractivity contribution >= 4 is 23.3 Å². The molecule has 2 aromatic carbocycles. The van der Waals surface area contributed by atoms with Gasteiger partial charge in [-0.25, -0.2) is 0 Å². The number of ether oxygens (including phenoxy) is 2. The number of hydrogen-bond acceptors (Lipinski definition) is 6. The first kappa shape index (κ1) is 19.9. The quantitative estimate of drug-likeness (QED) is 0.455. The van der Waals surface area contributed by atoms with Crippen LogP contribution in [0.3, 0.4) is 0 Å². The average molecular weight is 372 g/mol. The number of aryl methyl sites for hydroxylation is 1. The maximum Gasteiger partial charge on any atom is 0.311 e. The van der Waals surface area contributed by atoms with Crippen molar-refractivity contribution in [3.63, 3.8) is 0 Å². The summed E-state index contributed by atoms with van der Waals surface area (Å²) in [6, 6.07) is 11.4. The van der Waals surface area contributed by atoms with Crippen molar-refractivity contribution in [3.05, 3.63) is 63.7 Å². The van der Waals surface area contributed by atoms with Gasteiger partial charge in [-0.1, -0.05) is 29.8 Å². The van der Waals surface area contributed by atoms with Crippen molar-refractivity contribution in [2.24, 2.45) is 0 Å². The number of rotatable bonds is 7. The summed E-state index contributed by atoms with van der Waals surface area (Å²) in [4.78, 5) is 34.8. The maximum atomic E-state index is 12.2. The molecule has 0 aromatic heterocycles. The summed E-state index contributed by atoms with van der Waals surface area (Å²) in [7, 11) is 1.38. The predicted molar refractivity (Wildman–Crippen MR) is 98.7 cm³/mol. The minimum absolute atomic E-state index is 0.00719. The molecule has 8 heteroatoms. The van der Waals surface area contributed by atoms with E-state index >= 15 is 0 Å². The van der Waals surface area contributed by atoms with E-state index in [4.69, 9.17) is 9.47 Å². The topological polar surface area (TPSA) is 108 Å². The van der Waals surface area contributed by atoms with Crippen molar-refractivity contribution in [3.8, 4) is 5.75 Å². The molecular formula is C19H20N2O6. The molecule has 27 heavy (non-hydrogen) atoms. The Morgan fingerprint density at radius 3 is 2.44 bits per heavy atom. The summed E-state index contributed by atoms with van der Waals surface area (Å²) in [6.45, 7) is 3.34. The molecule has 0 heterocycles. The summed E-state index contributed by atoms with van der Waals surface area (Å²) in [5.41, 5.74) is 1.51. The first-order valence-electron chi connectivity index (χ1n) is 8.18. The van der Waals surface area contributed by atoms with Crippen LogP contribution in [0.4, 0.5) is 11.4 Å². The standard InChI is InChI=1S/C19H20N2O6/c1-12-4-6-14(7-5-12)10-18(22)27-13(2)19(23)20-16-9-8-15(26-3)11-17(16)21(24)25/h4-9,11,13H,10H2,1-3H3,(H,20,23)/t13-/m0/s1. The minimum Gasteiger partial charge on any atom is -0.496 e. The number of methoxy groups -OCH3 is 1. The third kappa shape index (κ3) is 5.53. The van der Waals surface area contributed by atoms with Gasteiger partial charge >= 0.3 is 5.97 Å². The van der Waals surface area contributed by atoms with E-state index in [0.717, 1.165) is 11.1 Å². The Labute approximate surface area is 156 Å². The van der Waals surface area contributed by atoms with Crippen molar-refractivity contribution in [1.29, 1.82) is 0 Å². The van der Waals surface area contributed by atoms with Crippen LogP contribution in [-0.4, -0.2) is 30.0 Å². The predicted octanol–water partition coefficient (Wildman–Crippen LogP) is 3.02. The second-order valence-electron chi connectivity index (χ2n) is 5.92. The van der Waals surface area contributed by atoms with Crippen LogP contribution in [0.1, 0.15) is 18.1 Å². The van der Waals surface area contributed by atoms with E-state index in [9.17, 15) is 19.7 Å². The average Bonchev–Trinajstić information content (AvgIpc) is 2.63. The molecule has 2 rings (SSSR count). The third-order valence-corrected chi connectivity index (χ3v) is 3.81. The molecule has 1 atom stereocenters. The second-order valence-corrected chi connectivity index (χ2v) is 5.92. The van der Waals surface area contributed by atoms with Gasteiger partial charge in [0.2, 0.25) is 0 Å². The van der Waals surface area contributed by atoms with Crippen LogP contribution < -0.4 is 10.1 Å². The number of esters is 1. The molecule has 0 saturated carbocycles. The number of nitro groups is 1. The van der Waals surface area contributed by atoms with Crippen LogP contribution in [0.15, 0.2) is 42.5 Å². The van der Waals surface area contributed by atoms with Gasteiger partial charge in [0.1, 0.15) is 11.4 Å². The Kier molecular flexibility index (Phi) is 6.48. The highest BCUT2D eigenvalue weighted by Gasteiger charge is 2.22. The lowest BCUT2D eigenvalue weighted by molar-refractivity contribution is -0.384. The molecule has 0 saturated heterocycles. The number of nitrogens with one attached hydrogen (secondary N) is 1. The highest BCUT2D eigenvalue weighted by molar-refractivity contribution is 5.97. The fourth-order valence-electron chi connectivity index (χ4n) is 2.29. The third-order valence-electron chi connectivity index (χ3n) is 3.81. The van der Waals surface area contributed by atoms with Gasteiger partial charge in [-0.15, -0.1) is 0 Å². The van der Waals surface area contributed by atoms with Crippen LogP contribution in [0, 0.1) is 17.0 Å². The summed E-state index contributed by atoms with van der Waals surface area (Å²) in [5.74, 6) is -0.941. The molecule has 0 radical (unpaired) electrons. The van der Waals surface area contributed by atoms with Crippen LogP contribution in [0.25, 0.3) is 0 Å². The number of anilines is 1. The lowest BCUT2D eigenvalue weighted by Gasteiger charge is -2.14. The molecule has 1 amide bonds. The maximum absolute atomic E-state index is 12.2. The Bertz CT molecular complexity index is 848. The van der Waals surface area contributed by atoms with Crippen molar-refractivity contribution < 1.29 is 24.0 Å². The molecule has 8 nitrogen and oxygen atoms in total. The summed E-state index contributed by atoms with van der Waals surface area (Å²) >= 11 is 0. The fraction of sp³-hybridized carbons (Fsp3) is 0.263. The monoisotopic (exact) mass is 372 g/mol. The summed E-state index contributed by atoms with van der Waals surface area (Å²) in [5, 5.41) is 13.6. The molecule has 2 aromatic rings. The second kappa shape index (κ2) is 8.79. The number of carbonyl (C=O) groups is 2. The van der Waals surface area contributed by atoms with Gasteiger partial charge in [0.15, 0.2) is 6.10 Å². The molecule has 0 aliphatic carbocycles. The Morgan fingerprint density at radius 1 is 1.19 bits per heavy atom. The van der Waals surface area contributed by atoms with Gasteiger partial charge in [0, 0.05) is 0 Å². The van der Waals surface area contributed by atoms with Crippen molar-refractivity contribution in [2.45, 2.75) is 26.4 Å². The number of benzene rings is 2. The van der Waals surface area contributed by atoms with Crippen molar-refractivity contribution in [2.75, 3.05) is 12.4 Å². The van der Waals surface area contributed by atoms with E-state index in [1.54, 1.807) is 0 Å². The molecule has 142 valence electrons. The minimum atomic E-state index is -1.11. The molecule has 0 unspecified atom stereocenters. The van der Waals surface area contributed by atoms with Crippen LogP contribution in [0.5, 0.6) is 5.75 Å². The Morgan fingerprint density at radius 2 is 1.85 bits per heavy atom. The molecular weight excluding hydrogens is 352 g/mol. The highest BCUT2D eigenvalue weighted by atomic mass is 16.6. The number of hydrogen-bond donors (Lipinski definition) is 1. The van der Waals surface area contributed by atoms with Gasteiger partial charge < -0.3 is 14.8 Å². The van der Waals surface area contributed by atoms with Crippen LogP contribution in [-0.2, 0) is 20.7 Å². The number of carbonyl (C=O) groups excluding carboxylic acids is 2. The Balaban J connectivity index is 2.00. The molecule has 1 N–H and O–H groups in total. The molecule has 0 spiro atoms. The first-order chi connectivity index (χ1) is 12.8. The van der Waals surface area contributed by atoms with Gasteiger partial charge in [-0.2, -0.15) is 0 Å². The van der Waals surface area contributed by atoms with E-state index in [0.29, 0.717) is 0 Å². The van der Waals surface area contributed by atoms with Gasteiger partial charge in [-0.05, 0) is 31.5 Å². The smallest absolute Gasteiger partial charge is 0.311 e. The van der Waals surface area contributed by atoms with Gasteiger partial charge in [0.05, 0.1) is 24.5 Å². The fourth-order valence-corrected chi connectivity index (χ4v) is 2.29. The van der Waals surface area contributed by atoms with Gasteiger partial charge in [-0.3, -0.25) is 19.7 Å². The molecule has 0 aliphatic heterocycles. The molecule has 0 aliphatic rings. The highest BCUT2D eigenvalue weighted by Crippen LogP contribution is 2.29. The van der Waals surface area contributed by atoms with E-state index in [1.165, 1.54) is 32.2 Å². The van der Waals surface area contributed by atoms with Crippen LogP contribution >= 0.6 is 0 Å². The lowest BCUT2D eigenvalue weighted by atomic mass is 10.1. The van der Waals surface area contributed by atoms with E-state index < -0.39 is 22.9 Å². The normalized spacial score (nSPS) is 11.4. The van der Waals surface area contributed by atoms with E-state index in [-0.39, 0.29) is 23.5 Å². The Hall–Kier alpha value is -3.42.